The van der Waals surface area contributed by atoms with Gasteiger partial charge in [-0.1, -0.05) is 6.07 Å². The Balaban J connectivity index is 3.06. The molecule has 0 saturated carbocycles. The maximum Gasteiger partial charge on any atom is 0.380 e. The van der Waals surface area contributed by atoms with E-state index in [-0.39, 0.29) is 5.56 Å². The summed E-state index contributed by atoms with van der Waals surface area (Å²) in [5, 5.41) is 8.52. The van der Waals surface area contributed by atoms with Crippen LogP contribution in [0.25, 0.3) is 0 Å². The highest BCUT2D eigenvalue weighted by atomic mass is 127. The first-order valence-corrected chi connectivity index (χ1v) is 6.67. The molecule has 1 N–H and O–H groups in total. The maximum absolute atomic E-state index is 13.5. The van der Waals surface area contributed by atoms with Crippen LogP contribution < -0.4 is 0 Å². The number of carboxylic acid groups (broad SMARTS) is 1. The SMILES string of the molecule is Cc1ccc(I)cc1C(=O)OC(C)(C)C(F)(F)C(=O)O. The van der Waals surface area contributed by atoms with E-state index in [1.165, 1.54) is 6.07 Å². The van der Waals surface area contributed by atoms with Crippen LogP contribution in [-0.4, -0.2) is 28.6 Å². The minimum absolute atomic E-state index is 0.131. The second-order valence-electron chi connectivity index (χ2n) is 4.74. The molecular formula is C13H13F2IO4. The number of aryl methyl sites for hydroxylation is 1. The molecule has 0 heterocycles. The summed E-state index contributed by atoms with van der Waals surface area (Å²) < 4.78 is 32.5. The molecule has 0 aliphatic heterocycles. The Bertz CT molecular complexity index is 555. The van der Waals surface area contributed by atoms with Crippen molar-refractivity contribution in [3.63, 3.8) is 0 Å². The van der Waals surface area contributed by atoms with Crippen LogP contribution in [0, 0.1) is 10.5 Å². The third-order valence-electron chi connectivity index (χ3n) is 2.79. The third-order valence-corrected chi connectivity index (χ3v) is 3.46. The largest absolute Gasteiger partial charge is 0.477 e. The minimum Gasteiger partial charge on any atom is -0.477 e. The first-order chi connectivity index (χ1) is 8.99. The summed E-state index contributed by atoms with van der Waals surface area (Å²) >= 11 is 1.97. The predicted molar refractivity (Wildman–Crippen MR) is 76.0 cm³/mol. The summed E-state index contributed by atoms with van der Waals surface area (Å²) in [6, 6.07) is 4.90. The molecule has 4 nitrogen and oxygen atoms in total. The molecule has 110 valence electrons. The Morgan fingerprint density at radius 2 is 1.85 bits per heavy atom. The number of rotatable bonds is 4. The van der Waals surface area contributed by atoms with Crippen LogP contribution in [0.3, 0.4) is 0 Å². The molecule has 0 fully saturated rings. The molecule has 1 aromatic carbocycles. The zero-order chi connectivity index (χ0) is 15.7. The number of hydrogen-bond donors (Lipinski definition) is 1. The van der Waals surface area contributed by atoms with E-state index >= 15 is 0 Å². The van der Waals surface area contributed by atoms with Crippen LogP contribution in [-0.2, 0) is 9.53 Å². The lowest BCUT2D eigenvalue weighted by atomic mass is 10.00. The van der Waals surface area contributed by atoms with Gasteiger partial charge in [-0.2, -0.15) is 8.78 Å². The maximum atomic E-state index is 13.5. The van der Waals surface area contributed by atoms with Crippen molar-refractivity contribution in [2.75, 3.05) is 0 Å². The fourth-order valence-corrected chi connectivity index (χ4v) is 1.91. The van der Waals surface area contributed by atoms with E-state index in [4.69, 9.17) is 9.84 Å². The molecule has 0 radical (unpaired) electrons. The van der Waals surface area contributed by atoms with Gasteiger partial charge in [0.25, 0.3) is 0 Å². The smallest absolute Gasteiger partial charge is 0.380 e. The second-order valence-corrected chi connectivity index (χ2v) is 5.98. The monoisotopic (exact) mass is 398 g/mol. The number of halogens is 3. The Labute approximate surface area is 128 Å². The number of benzene rings is 1. The molecule has 0 atom stereocenters. The average molecular weight is 398 g/mol. The van der Waals surface area contributed by atoms with Gasteiger partial charge in [0.05, 0.1) is 5.56 Å². The number of carboxylic acids is 1. The molecule has 0 unspecified atom stereocenters. The molecule has 0 spiro atoms. The van der Waals surface area contributed by atoms with Crippen LogP contribution in [0.4, 0.5) is 8.78 Å². The van der Waals surface area contributed by atoms with Crippen molar-refractivity contribution < 1.29 is 28.2 Å². The van der Waals surface area contributed by atoms with Crippen molar-refractivity contribution >= 4 is 34.5 Å². The van der Waals surface area contributed by atoms with Gasteiger partial charge in [0, 0.05) is 3.57 Å². The van der Waals surface area contributed by atoms with E-state index in [2.05, 4.69) is 0 Å². The van der Waals surface area contributed by atoms with E-state index in [1.54, 1.807) is 19.1 Å². The van der Waals surface area contributed by atoms with Crippen molar-refractivity contribution in [2.24, 2.45) is 0 Å². The third kappa shape index (κ3) is 3.25. The number of carbonyl (C=O) groups excluding carboxylic acids is 1. The topological polar surface area (TPSA) is 63.6 Å². The number of hydrogen-bond acceptors (Lipinski definition) is 3. The lowest BCUT2D eigenvalue weighted by molar-refractivity contribution is -0.200. The highest BCUT2D eigenvalue weighted by Crippen LogP contribution is 2.33. The van der Waals surface area contributed by atoms with E-state index in [0.29, 0.717) is 5.56 Å². The Morgan fingerprint density at radius 1 is 1.30 bits per heavy atom. The lowest BCUT2D eigenvalue weighted by Gasteiger charge is -2.30. The normalized spacial score (nSPS) is 12.1. The van der Waals surface area contributed by atoms with Gasteiger partial charge in [0.1, 0.15) is 0 Å². The number of aliphatic carboxylic acids is 1. The molecule has 20 heavy (non-hydrogen) atoms. The van der Waals surface area contributed by atoms with E-state index < -0.39 is 23.5 Å². The number of ether oxygens (including phenoxy) is 1. The molecule has 0 aliphatic carbocycles. The van der Waals surface area contributed by atoms with Gasteiger partial charge in [-0.05, 0) is 61.1 Å². The fraction of sp³-hybridized carbons (Fsp3) is 0.385. The predicted octanol–water partition coefficient (Wildman–Crippen LogP) is 3.25. The van der Waals surface area contributed by atoms with Crippen LogP contribution >= 0.6 is 22.6 Å². The van der Waals surface area contributed by atoms with Crippen molar-refractivity contribution in [3.8, 4) is 0 Å². The average Bonchev–Trinajstić information content (AvgIpc) is 2.31. The molecule has 1 rings (SSSR count). The summed E-state index contributed by atoms with van der Waals surface area (Å²) in [4.78, 5) is 22.5. The zero-order valence-electron chi connectivity index (χ0n) is 11.0. The van der Waals surface area contributed by atoms with Crippen molar-refractivity contribution in [1.82, 2.24) is 0 Å². The molecule has 0 aromatic heterocycles. The summed E-state index contributed by atoms with van der Waals surface area (Å²) in [7, 11) is 0. The van der Waals surface area contributed by atoms with Gasteiger partial charge in [0.15, 0.2) is 5.60 Å². The first-order valence-electron chi connectivity index (χ1n) is 5.60. The molecular weight excluding hydrogens is 385 g/mol. The van der Waals surface area contributed by atoms with Crippen LogP contribution in [0.2, 0.25) is 0 Å². The van der Waals surface area contributed by atoms with Gasteiger partial charge in [0.2, 0.25) is 0 Å². The Hall–Kier alpha value is -1.25. The zero-order valence-corrected chi connectivity index (χ0v) is 13.2. The van der Waals surface area contributed by atoms with Crippen LogP contribution in [0.5, 0.6) is 0 Å². The molecule has 0 aliphatic rings. The van der Waals surface area contributed by atoms with Crippen molar-refractivity contribution in [1.29, 1.82) is 0 Å². The number of carbonyl (C=O) groups is 2. The van der Waals surface area contributed by atoms with E-state index in [1.807, 2.05) is 22.6 Å². The van der Waals surface area contributed by atoms with E-state index in [0.717, 1.165) is 17.4 Å². The highest BCUT2D eigenvalue weighted by Gasteiger charge is 2.56. The standard InChI is InChI=1S/C13H13F2IO4/c1-7-4-5-8(16)6-9(7)10(17)20-12(2,3)13(14,15)11(18)19/h4-6H,1-3H3,(H,18,19). The molecule has 0 amide bonds. The number of alkyl halides is 2. The Kier molecular flexibility index (Phi) is 4.73. The Morgan fingerprint density at radius 3 is 2.35 bits per heavy atom. The quantitative estimate of drug-likeness (QED) is 0.625. The minimum atomic E-state index is -4.18. The summed E-state index contributed by atoms with van der Waals surface area (Å²) in [6.45, 7) is 3.36. The van der Waals surface area contributed by atoms with Gasteiger partial charge < -0.3 is 9.84 Å². The number of esters is 1. The van der Waals surface area contributed by atoms with Crippen LogP contribution in [0.1, 0.15) is 29.8 Å². The van der Waals surface area contributed by atoms with E-state index in [9.17, 15) is 18.4 Å². The second kappa shape index (κ2) is 5.63. The molecule has 0 saturated heterocycles. The van der Waals surface area contributed by atoms with Crippen LogP contribution in [0.15, 0.2) is 18.2 Å². The van der Waals surface area contributed by atoms with Gasteiger partial charge in [-0.25, -0.2) is 9.59 Å². The first kappa shape index (κ1) is 16.8. The lowest BCUT2D eigenvalue weighted by Crippen LogP contribution is -2.51. The van der Waals surface area contributed by atoms with Gasteiger partial charge >= 0.3 is 17.9 Å². The van der Waals surface area contributed by atoms with Gasteiger partial charge in [-0.3, -0.25) is 0 Å². The fourth-order valence-electron chi connectivity index (χ4n) is 1.42. The van der Waals surface area contributed by atoms with Gasteiger partial charge in [-0.15, -0.1) is 0 Å². The summed E-state index contributed by atoms with van der Waals surface area (Å²) in [5.74, 6) is -7.50. The molecule has 7 heteroatoms. The summed E-state index contributed by atoms with van der Waals surface area (Å²) in [5.41, 5.74) is -1.76. The molecule has 1 aromatic rings. The summed E-state index contributed by atoms with van der Waals surface area (Å²) in [6.07, 6.45) is 0. The molecule has 0 bridgehead atoms. The van der Waals surface area contributed by atoms with Crippen molar-refractivity contribution in [2.45, 2.75) is 32.3 Å². The highest BCUT2D eigenvalue weighted by molar-refractivity contribution is 14.1. The van der Waals surface area contributed by atoms with Crippen molar-refractivity contribution in [3.05, 3.63) is 32.9 Å².